The predicted molar refractivity (Wildman–Crippen MR) is 112 cm³/mol. The second-order valence-corrected chi connectivity index (χ2v) is 9.30. The number of carbonyl (C=O) groups is 2. The molecule has 0 bridgehead atoms. The summed E-state index contributed by atoms with van der Waals surface area (Å²) in [6, 6.07) is 5.72. The topological polar surface area (TPSA) is 63.6 Å². The molecule has 0 aromatic heterocycles. The molecular formula is C25H25F3O4. The fourth-order valence-electron chi connectivity index (χ4n) is 4.96. The van der Waals surface area contributed by atoms with Crippen LogP contribution in [0.3, 0.4) is 0 Å². The number of rotatable bonds is 4. The van der Waals surface area contributed by atoms with Gasteiger partial charge in [-0.1, -0.05) is 25.0 Å². The van der Waals surface area contributed by atoms with Crippen molar-refractivity contribution in [2.45, 2.75) is 69.6 Å². The number of alkyl halides is 3. The van der Waals surface area contributed by atoms with Crippen molar-refractivity contribution in [2.24, 2.45) is 0 Å². The minimum absolute atomic E-state index is 0.0305. The molecule has 2 aromatic rings. The van der Waals surface area contributed by atoms with Gasteiger partial charge in [-0.15, -0.1) is 0 Å². The van der Waals surface area contributed by atoms with Gasteiger partial charge in [0.2, 0.25) is 0 Å². The monoisotopic (exact) mass is 446 g/mol. The zero-order chi connectivity index (χ0) is 23.3. The van der Waals surface area contributed by atoms with E-state index in [-0.39, 0.29) is 28.4 Å². The average Bonchev–Trinajstić information content (AvgIpc) is 3.26. The van der Waals surface area contributed by atoms with E-state index in [1.807, 2.05) is 13.8 Å². The molecule has 1 atom stereocenters. The summed E-state index contributed by atoms with van der Waals surface area (Å²) in [6.07, 6.45) is 0.224. The molecule has 1 saturated carbocycles. The van der Waals surface area contributed by atoms with Gasteiger partial charge in [0.25, 0.3) is 0 Å². The van der Waals surface area contributed by atoms with E-state index in [2.05, 4.69) is 0 Å². The molecule has 1 N–H and O–H groups in total. The van der Waals surface area contributed by atoms with Crippen LogP contribution in [0.1, 0.15) is 90.4 Å². The van der Waals surface area contributed by atoms with Crippen LogP contribution >= 0.6 is 0 Å². The van der Waals surface area contributed by atoms with E-state index in [1.54, 1.807) is 6.07 Å². The number of aromatic hydroxyl groups is 1. The van der Waals surface area contributed by atoms with Gasteiger partial charge in [-0.05, 0) is 56.4 Å². The predicted octanol–water partition coefficient (Wildman–Crippen LogP) is 6.14. The van der Waals surface area contributed by atoms with Crippen LogP contribution in [0.2, 0.25) is 0 Å². The van der Waals surface area contributed by atoms with E-state index in [4.69, 9.17) is 4.74 Å². The van der Waals surface area contributed by atoms with Crippen LogP contribution in [-0.2, 0) is 11.0 Å². The zero-order valence-electron chi connectivity index (χ0n) is 18.0. The highest BCUT2D eigenvalue weighted by atomic mass is 19.4. The highest BCUT2D eigenvalue weighted by Crippen LogP contribution is 2.50. The largest absolute Gasteiger partial charge is 0.507 e. The van der Waals surface area contributed by atoms with Gasteiger partial charge < -0.3 is 14.6 Å². The van der Waals surface area contributed by atoms with Crippen molar-refractivity contribution in [1.29, 1.82) is 0 Å². The lowest BCUT2D eigenvalue weighted by Crippen LogP contribution is -2.35. The maximum absolute atomic E-state index is 13.4. The fourth-order valence-corrected chi connectivity index (χ4v) is 4.96. The summed E-state index contributed by atoms with van der Waals surface area (Å²) in [6.45, 7) is 3.72. The number of benzene rings is 2. The Labute approximate surface area is 184 Å². The third-order valence-corrected chi connectivity index (χ3v) is 6.46. The van der Waals surface area contributed by atoms with Crippen LogP contribution in [0, 0.1) is 0 Å². The Morgan fingerprint density at radius 1 is 1.16 bits per heavy atom. The first kappa shape index (κ1) is 22.4. The molecule has 7 heteroatoms. The van der Waals surface area contributed by atoms with Crippen molar-refractivity contribution in [2.75, 3.05) is 0 Å². The third kappa shape index (κ3) is 4.00. The summed E-state index contributed by atoms with van der Waals surface area (Å²) in [7, 11) is 0. The number of hydrogen-bond donors (Lipinski definition) is 1. The molecule has 170 valence electrons. The Morgan fingerprint density at radius 2 is 1.78 bits per heavy atom. The molecule has 1 heterocycles. The lowest BCUT2D eigenvalue weighted by Gasteiger charge is -2.37. The third-order valence-electron chi connectivity index (χ3n) is 6.46. The fraction of sp³-hybridized carbons (Fsp3) is 0.440. The number of fused-ring (bicyclic) bond motifs is 1. The Balaban J connectivity index is 1.87. The SMILES string of the molecule is CC1(C)CC(C=O)c2c(cc(C3CCCC3)c(C(=O)c3ccc(C(F)(F)F)cc3)c2O)O1. The van der Waals surface area contributed by atoms with Crippen molar-refractivity contribution >= 4 is 12.1 Å². The number of phenolic OH excluding ortho intramolecular Hbond substituents is 1. The normalized spacial score (nSPS) is 20.5. The van der Waals surface area contributed by atoms with Gasteiger partial charge in [-0.25, -0.2) is 0 Å². The molecule has 4 rings (SSSR count). The number of phenols is 1. The molecule has 2 aliphatic rings. The van der Waals surface area contributed by atoms with Crippen LogP contribution < -0.4 is 4.74 Å². The van der Waals surface area contributed by atoms with Crippen LogP contribution in [0.15, 0.2) is 30.3 Å². The van der Waals surface area contributed by atoms with Crippen molar-refractivity contribution in [1.82, 2.24) is 0 Å². The summed E-state index contributed by atoms with van der Waals surface area (Å²) in [4.78, 5) is 25.3. The molecule has 0 saturated heterocycles. The van der Waals surface area contributed by atoms with Crippen LogP contribution in [-0.4, -0.2) is 22.8 Å². The van der Waals surface area contributed by atoms with Gasteiger partial charge in [-0.2, -0.15) is 13.2 Å². The van der Waals surface area contributed by atoms with Crippen LogP contribution in [0.25, 0.3) is 0 Å². The summed E-state index contributed by atoms with van der Waals surface area (Å²) in [5, 5.41) is 11.2. The summed E-state index contributed by atoms with van der Waals surface area (Å²) in [5.74, 6) is -1.09. The van der Waals surface area contributed by atoms with Gasteiger partial charge >= 0.3 is 6.18 Å². The van der Waals surface area contributed by atoms with E-state index in [9.17, 15) is 27.9 Å². The molecule has 1 aliphatic heterocycles. The Bertz CT molecular complexity index is 1050. The first-order valence-corrected chi connectivity index (χ1v) is 10.8. The standard InChI is InChI=1S/C25H25F3O4/c1-24(2)12-16(13-29)20-19(32-24)11-18(14-5-3-4-6-14)21(23(20)31)22(30)15-7-9-17(10-8-15)25(26,27)28/h7-11,13-14,16,31H,3-6,12H2,1-2H3. The molecular weight excluding hydrogens is 421 g/mol. The molecule has 0 amide bonds. The Morgan fingerprint density at radius 3 is 2.34 bits per heavy atom. The maximum atomic E-state index is 13.4. The number of ether oxygens (including phenoxy) is 1. The number of hydrogen-bond acceptors (Lipinski definition) is 4. The van der Waals surface area contributed by atoms with E-state index in [0.29, 0.717) is 17.7 Å². The van der Waals surface area contributed by atoms with E-state index in [1.165, 1.54) is 0 Å². The first-order chi connectivity index (χ1) is 15.0. The molecule has 1 aliphatic carbocycles. The quantitative estimate of drug-likeness (QED) is 0.452. The Kier molecular flexibility index (Phi) is 5.55. The van der Waals surface area contributed by atoms with Gasteiger partial charge in [0.05, 0.1) is 17.0 Å². The number of ketones is 1. The van der Waals surface area contributed by atoms with Gasteiger partial charge in [0, 0.05) is 17.5 Å². The first-order valence-electron chi connectivity index (χ1n) is 10.8. The number of aldehydes is 1. The average molecular weight is 446 g/mol. The van der Waals surface area contributed by atoms with Crippen molar-refractivity contribution < 1.29 is 32.6 Å². The molecule has 1 unspecified atom stereocenters. The minimum atomic E-state index is -4.51. The minimum Gasteiger partial charge on any atom is -0.507 e. The van der Waals surface area contributed by atoms with E-state index >= 15 is 0 Å². The molecule has 4 nitrogen and oxygen atoms in total. The maximum Gasteiger partial charge on any atom is 0.416 e. The molecule has 32 heavy (non-hydrogen) atoms. The number of halogens is 3. The van der Waals surface area contributed by atoms with E-state index < -0.39 is 29.0 Å². The smallest absolute Gasteiger partial charge is 0.416 e. The zero-order valence-corrected chi connectivity index (χ0v) is 18.0. The highest BCUT2D eigenvalue weighted by molar-refractivity contribution is 6.12. The molecule has 1 fully saturated rings. The second kappa shape index (κ2) is 7.94. The number of carbonyl (C=O) groups excluding carboxylic acids is 2. The van der Waals surface area contributed by atoms with Crippen molar-refractivity contribution in [3.8, 4) is 11.5 Å². The Hall–Kier alpha value is -2.83. The second-order valence-electron chi connectivity index (χ2n) is 9.30. The van der Waals surface area contributed by atoms with Gasteiger partial charge in [0.15, 0.2) is 5.78 Å². The van der Waals surface area contributed by atoms with Crippen molar-refractivity contribution in [3.05, 3.63) is 58.1 Å². The van der Waals surface area contributed by atoms with Crippen LogP contribution in [0.5, 0.6) is 11.5 Å². The molecule has 0 radical (unpaired) electrons. The summed E-state index contributed by atoms with van der Waals surface area (Å²) >= 11 is 0. The van der Waals surface area contributed by atoms with Crippen LogP contribution in [0.4, 0.5) is 13.2 Å². The lowest BCUT2D eigenvalue weighted by molar-refractivity contribution is -0.137. The highest BCUT2D eigenvalue weighted by Gasteiger charge is 2.39. The molecule has 0 spiro atoms. The molecule has 2 aromatic carbocycles. The summed E-state index contributed by atoms with van der Waals surface area (Å²) in [5.41, 5.74) is -0.451. The van der Waals surface area contributed by atoms with Gasteiger partial charge in [0.1, 0.15) is 23.4 Å². The van der Waals surface area contributed by atoms with Gasteiger partial charge in [-0.3, -0.25) is 4.79 Å². The lowest BCUT2D eigenvalue weighted by atomic mass is 9.80. The van der Waals surface area contributed by atoms with E-state index in [0.717, 1.165) is 56.2 Å². The summed E-state index contributed by atoms with van der Waals surface area (Å²) < 4.78 is 44.9. The van der Waals surface area contributed by atoms with Crippen molar-refractivity contribution in [3.63, 3.8) is 0 Å².